The summed E-state index contributed by atoms with van der Waals surface area (Å²) in [4.78, 5) is 10.4. The maximum absolute atomic E-state index is 11.5. The summed E-state index contributed by atoms with van der Waals surface area (Å²) in [5.41, 5.74) is 13.4. The smallest absolute Gasteiger partial charge is 0.147 e. The number of fused-ring (bicyclic) bond motifs is 5. The van der Waals surface area contributed by atoms with Gasteiger partial charge in [0.15, 0.2) is 0 Å². The second-order valence-corrected chi connectivity index (χ2v) is 16.6. The quantitative estimate of drug-likeness (QED) is 0.198. The minimum atomic E-state index is -0.0410. The van der Waals surface area contributed by atoms with Crippen molar-refractivity contribution in [1.29, 1.82) is 0 Å². The number of benzene rings is 6. The summed E-state index contributed by atoms with van der Waals surface area (Å²) in [6.45, 7) is 15.6. The molecule has 0 saturated heterocycles. The topological polar surface area (TPSA) is 64.1 Å². The first-order valence-corrected chi connectivity index (χ1v) is 18.6. The monoisotopic (exact) mass is 705 g/mol. The molecule has 0 aliphatic carbocycles. The van der Waals surface area contributed by atoms with Crippen LogP contribution in [0.3, 0.4) is 0 Å². The Labute approximate surface area is 315 Å². The van der Waals surface area contributed by atoms with Crippen molar-refractivity contribution in [2.75, 3.05) is 0 Å². The van der Waals surface area contributed by atoms with Gasteiger partial charge in [0.05, 0.1) is 22.1 Å². The third-order valence-corrected chi connectivity index (χ3v) is 10.8. The van der Waals surface area contributed by atoms with E-state index in [-0.39, 0.29) is 16.6 Å². The lowest BCUT2D eigenvalue weighted by molar-refractivity contribution is 0.477. The molecule has 266 valence electrons. The lowest BCUT2D eigenvalue weighted by Crippen LogP contribution is -2.11. The first kappa shape index (κ1) is 33.6. The number of rotatable bonds is 4. The van der Waals surface area contributed by atoms with Crippen molar-refractivity contribution in [2.45, 2.75) is 59.3 Å². The summed E-state index contributed by atoms with van der Waals surface area (Å²) in [5, 5.41) is 14.6. The molecule has 0 amide bonds. The van der Waals surface area contributed by atoms with Gasteiger partial charge in [-0.25, -0.2) is 4.98 Å². The molecule has 0 fully saturated rings. The molecule has 5 heteroatoms. The molecule has 5 nitrogen and oxygen atoms in total. The molecule has 0 aliphatic heterocycles. The molecule has 9 rings (SSSR count). The molecule has 9 aromatic rings. The molecule has 54 heavy (non-hydrogen) atoms. The van der Waals surface area contributed by atoms with Crippen molar-refractivity contribution < 1.29 is 9.52 Å². The Hall–Kier alpha value is -6.20. The Bertz CT molecular complexity index is 2910. The average Bonchev–Trinajstić information content (AvgIpc) is 3.73. The van der Waals surface area contributed by atoms with E-state index in [1.54, 1.807) is 6.07 Å². The number of aromatic hydroxyl groups is 1. The van der Waals surface area contributed by atoms with Crippen LogP contribution in [0.25, 0.3) is 83.2 Å². The molecule has 3 aromatic heterocycles. The predicted molar refractivity (Wildman–Crippen MR) is 224 cm³/mol. The fourth-order valence-electron chi connectivity index (χ4n) is 7.77. The Kier molecular flexibility index (Phi) is 7.58. The van der Waals surface area contributed by atoms with Gasteiger partial charge >= 0.3 is 0 Å². The number of phenols is 1. The molecule has 0 atom stereocenters. The molecule has 6 aromatic carbocycles. The number of furan rings is 1. The van der Waals surface area contributed by atoms with Gasteiger partial charge < -0.3 is 9.52 Å². The van der Waals surface area contributed by atoms with Crippen LogP contribution in [0.4, 0.5) is 0 Å². The zero-order chi connectivity index (χ0) is 37.5. The summed E-state index contributed by atoms with van der Waals surface area (Å²) in [6.07, 6.45) is 1.90. The van der Waals surface area contributed by atoms with Gasteiger partial charge in [0.2, 0.25) is 0 Å². The summed E-state index contributed by atoms with van der Waals surface area (Å²) in [6, 6.07) is 42.0. The number of para-hydroxylation sites is 2. The zero-order valence-electron chi connectivity index (χ0n) is 31.8. The van der Waals surface area contributed by atoms with Gasteiger partial charge in [-0.1, -0.05) is 102 Å². The van der Waals surface area contributed by atoms with Crippen LogP contribution < -0.4 is 0 Å². The van der Waals surface area contributed by atoms with Crippen molar-refractivity contribution in [1.82, 2.24) is 14.5 Å². The number of aryl methyl sites for hydroxylation is 1. The Morgan fingerprint density at radius 1 is 0.611 bits per heavy atom. The molecule has 0 saturated carbocycles. The van der Waals surface area contributed by atoms with Crippen molar-refractivity contribution in [3.63, 3.8) is 0 Å². The van der Waals surface area contributed by atoms with Gasteiger partial charge in [-0.05, 0) is 101 Å². The number of pyridine rings is 1. The number of aromatic nitrogens is 3. The van der Waals surface area contributed by atoms with E-state index in [4.69, 9.17) is 14.4 Å². The fraction of sp³-hybridized carbons (Fsp3) is 0.184. The lowest BCUT2D eigenvalue weighted by Gasteiger charge is -2.22. The van der Waals surface area contributed by atoms with Crippen LogP contribution >= 0.6 is 0 Å². The van der Waals surface area contributed by atoms with Gasteiger partial charge in [0.25, 0.3) is 0 Å². The minimum Gasteiger partial charge on any atom is -0.507 e. The highest BCUT2D eigenvalue weighted by Gasteiger charge is 2.24. The van der Waals surface area contributed by atoms with E-state index in [1.807, 2.05) is 42.6 Å². The number of imidazole rings is 1. The highest BCUT2D eigenvalue weighted by atomic mass is 16.3. The second kappa shape index (κ2) is 12.2. The number of phenolic OH excluding ortho intramolecular Hbond substituents is 1. The van der Waals surface area contributed by atoms with Crippen molar-refractivity contribution >= 4 is 43.9 Å². The Balaban J connectivity index is 1.31. The minimum absolute atomic E-state index is 0.0133. The highest BCUT2D eigenvalue weighted by molar-refractivity contribution is 6.13. The van der Waals surface area contributed by atoms with Crippen LogP contribution in [0.2, 0.25) is 0 Å². The predicted octanol–water partition coefficient (Wildman–Crippen LogP) is 13.1. The van der Waals surface area contributed by atoms with Crippen molar-refractivity contribution in [3.8, 4) is 45.1 Å². The third kappa shape index (κ3) is 5.46. The zero-order valence-corrected chi connectivity index (χ0v) is 31.8. The van der Waals surface area contributed by atoms with Gasteiger partial charge in [-0.15, -0.1) is 0 Å². The molecule has 0 spiro atoms. The standard InChI is InChI=1S/C49H43N3O2/c1-29-24-25-50-44-38(29)27-33(49(5,6)7)28-39(44)30-12-10-13-31(26-30)47-51-45-37(43-41(53)23-22-36-35-14-8-9-17-42(35)54-46(36)43)15-11-16-40(45)52(47)34-20-18-32(19-21-34)48(2,3)4/h8-28,53H,1-7H3. The SMILES string of the molecule is Cc1ccnc2c(-c3cccc(-c4nc5c(-c6c(O)ccc7c6oc6ccccc67)cccc5n4-c4ccc(C(C)(C)C)cc4)c3)cc(C(C)(C)C)cc12. The molecular weight excluding hydrogens is 663 g/mol. The van der Waals surface area contributed by atoms with Gasteiger partial charge in [-0.3, -0.25) is 9.55 Å². The van der Waals surface area contributed by atoms with Crippen LogP contribution in [-0.4, -0.2) is 19.6 Å². The average molecular weight is 706 g/mol. The molecule has 3 heterocycles. The highest BCUT2D eigenvalue weighted by Crippen LogP contribution is 2.45. The molecule has 0 aliphatic rings. The van der Waals surface area contributed by atoms with E-state index < -0.39 is 0 Å². The van der Waals surface area contributed by atoms with Gasteiger partial charge in [0.1, 0.15) is 22.7 Å². The maximum atomic E-state index is 11.5. The number of hydrogen-bond donors (Lipinski definition) is 1. The van der Waals surface area contributed by atoms with E-state index in [0.29, 0.717) is 11.1 Å². The van der Waals surface area contributed by atoms with E-state index >= 15 is 0 Å². The number of hydrogen-bond acceptors (Lipinski definition) is 4. The molecular formula is C49H43N3O2. The molecule has 1 N–H and O–H groups in total. The first-order chi connectivity index (χ1) is 25.9. The second-order valence-electron chi connectivity index (χ2n) is 16.6. The molecule has 0 bridgehead atoms. The summed E-state index contributed by atoms with van der Waals surface area (Å²) in [7, 11) is 0. The van der Waals surface area contributed by atoms with Gasteiger partial charge in [0, 0.05) is 44.7 Å². The Morgan fingerprint density at radius 3 is 2.13 bits per heavy atom. The molecule has 0 radical (unpaired) electrons. The van der Waals surface area contributed by atoms with Crippen molar-refractivity contribution in [2.24, 2.45) is 0 Å². The summed E-state index contributed by atoms with van der Waals surface area (Å²) in [5.74, 6) is 0.953. The third-order valence-electron chi connectivity index (χ3n) is 10.8. The van der Waals surface area contributed by atoms with Gasteiger partial charge in [-0.2, -0.15) is 0 Å². The first-order valence-electron chi connectivity index (χ1n) is 18.6. The Morgan fingerprint density at radius 2 is 1.35 bits per heavy atom. The van der Waals surface area contributed by atoms with E-state index in [0.717, 1.165) is 66.7 Å². The van der Waals surface area contributed by atoms with Crippen LogP contribution in [0.15, 0.2) is 132 Å². The van der Waals surface area contributed by atoms with E-state index in [2.05, 4.69) is 132 Å². The van der Waals surface area contributed by atoms with Crippen molar-refractivity contribution in [3.05, 3.63) is 144 Å². The van der Waals surface area contributed by atoms with Crippen LogP contribution in [0.5, 0.6) is 5.75 Å². The maximum Gasteiger partial charge on any atom is 0.147 e. The van der Waals surface area contributed by atoms with E-state index in [9.17, 15) is 5.11 Å². The normalized spacial score (nSPS) is 12.4. The van der Waals surface area contributed by atoms with E-state index in [1.165, 1.54) is 22.1 Å². The fourth-order valence-corrected chi connectivity index (χ4v) is 7.77. The number of nitrogens with zero attached hydrogens (tertiary/aromatic N) is 3. The summed E-state index contributed by atoms with van der Waals surface area (Å²) >= 11 is 0. The lowest BCUT2D eigenvalue weighted by atomic mass is 9.83. The summed E-state index contributed by atoms with van der Waals surface area (Å²) < 4.78 is 8.70. The van der Waals surface area contributed by atoms with Crippen LogP contribution in [0, 0.1) is 6.92 Å². The molecule has 0 unspecified atom stereocenters. The largest absolute Gasteiger partial charge is 0.507 e. The van der Waals surface area contributed by atoms with Crippen LogP contribution in [0.1, 0.15) is 58.2 Å². The van der Waals surface area contributed by atoms with Crippen LogP contribution in [-0.2, 0) is 10.8 Å².